The van der Waals surface area contributed by atoms with E-state index in [0.717, 1.165) is 59.7 Å². The number of carbonyl (C=O) groups is 1. The molecule has 1 aromatic carbocycles. The summed E-state index contributed by atoms with van der Waals surface area (Å²) in [6.07, 6.45) is 0.876. The maximum Gasteiger partial charge on any atom is 0.276 e. The SMILES string of the molecule is Cc1nn(CC(=O)NCCCN2CCOCC2)c(=O)c2c1sc1ccccc12. The number of rotatable bonds is 6. The summed E-state index contributed by atoms with van der Waals surface area (Å²) in [4.78, 5) is 27.6. The lowest BCUT2D eigenvalue weighted by molar-refractivity contribution is -0.121. The highest BCUT2D eigenvalue weighted by Gasteiger charge is 2.16. The first kappa shape index (κ1) is 19.0. The van der Waals surface area contributed by atoms with Gasteiger partial charge in [-0.2, -0.15) is 5.10 Å². The fourth-order valence-corrected chi connectivity index (χ4v) is 4.70. The second-order valence-corrected chi connectivity index (χ2v) is 8.06. The number of benzene rings is 1. The van der Waals surface area contributed by atoms with Gasteiger partial charge in [-0.1, -0.05) is 18.2 Å². The van der Waals surface area contributed by atoms with Gasteiger partial charge in [-0.25, -0.2) is 4.68 Å². The number of amides is 1. The van der Waals surface area contributed by atoms with Gasteiger partial charge in [0.15, 0.2) is 0 Å². The highest BCUT2D eigenvalue weighted by Crippen LogP contribution is 2.32. The van der Waals surface area contributed by atoms with Gasteiger partial charge in [0.25, 0.3) is 5.56 Å². The van der Waals surface area contributed by atoms with Crippen LogP contribution in [0.4, 0.5) is 0 Å². The molecule has 1 amide bonds. The van der Waals surface area contributed by atoms with Crippen LogP contribution in [0.2, 0.25) is 0 Å². The predicted molar refractivity (Wildman–Crippen MR) is 111 cm³/mol. The molecule has 0 saturated carbocycles. The summed E-state index contributed by atoms with van der Waals surface area (Å²) < 4.78 is 8.58. The highest BCUT2D eigenvalue weighted by molar-refractivity contribution is 7.26. The summed E-state index contributed by atoms with van der Waals surface area (Å²) in [6.45, 7) is 6.80. The topological polar surface area (TPSA) is 76.5 Å². The van der Waals surface area contributed by atoms with Gasteiger partial charge in [-0.3, -0.25) is 14.5 Å². The first-order valence-corrected chi connectivity index (χ1v) is 10.4. The molecule has 148 valence electrons. The molecule has 1 aliphatic rings. The van der Waals surface area contributed by atoms with Crippen LogP contribution in [0.1, 0.15) is 12.1 Å². The van der Waals surface area contributed by atoms with Crippen LogP contribution in [0.15, 0.2) is 29.1 Å². The number of aryl methyl sites for hydroxylation is 1. The summed E-state index contributed by atoms with van der Waals surface area (Å²) in [5.74, 6) is -0.185. The Labute approximate surface area is 166 Å². The van der Waals surface area contributed by atoms with Gasteiger partial charge in [0, 0.05) is 29.7 Å². The zero-order chi connectivity index (χ0) is 19.5. The molecule has 28 heavy (non-hydrogen) atoms. The van der Waals surface area contributed by atoms with E-state index in [2.05, 4.69) is 15.3 Å². The Morgan fingerprint density at radius 2 is 2.07 bits per heavy atom. The van der Waals surface area contributed by atoms with E-state index in [1.54, 1.807) is 11.3 Å². The van der Waals surface area contributed by atoms with Crippen molar-refractivity contribution < 1.29 is 9.53 Å². The van der Waals surface area contributed by atoms with E-state index < -0.39 is 0 Å². The Morgan fingerprint density at radius 1 is 1.29 bits per heavy atom. The lowest BCUT2D eigenvalue weighted by atomic mass is 10.2. The van der Waals surface area contributed by atoms with Crippen LogP contribution < -0.4 is 10.9 Å². The van der Waals surface area contributed by atoms with E-state index in [1.807, 2.05) is 31.2 Å². The minimum Gasteiger partial charge on any atom is -0.379 e. The van der Waals surface area contributed by atoms with Gasteiger partial charge >= 0.3 is 0 Å². The average molecular weight is 401 g/mol. The Bertz CT molecular complexity index is 1050. The van der Waals surface area contributed by atoms with Crippen LogP contribution in [-0.4, -0.2) is 60.0 Å². The van der Waals surface area contributed by atoms with Gasteiger partial charge in [-0.15, -0.1) is 11.3 Å². The van der Waals surface area contributed by atoms with Crippen LogP contribution in [0.5, 0.6) is 0 Å². The maximum absolute atomic E-state index is 12.9. The summed E-state index contributed by atoms with van der Waals surface area (Å²) in [5.41, 5.74) is 0.567. The summed E-state index contributed by atoms with van der Waals surface area (Å²) >= 11 is 1.57. The van der Waals surface area contributed by atoms with Crippen molar-refractivity contribution >= 4 is 37.4 Å². The fraction of sp³-hybridized carbons (Fsp3) is 0.450. The molecule has 8 heteroatoms. The summed E-state index contributed by atoms with van der Waals surface area (Å²) in [6, 6.07) is 7.84. The number of ether oxygens (including phenoxy) is 1. The van der Waals surface area contributed by atoms with Crippen molar-refractivity contribution in [1.29, 1.82) is 0 Å². The number of hydrogen-bond acceptors (Lipinski definition) is 6. The zero-order valence-electron chi connectivity index (χ0n) is 15.9. The van der Waals surface area contributed by atoms with E-state index in [1.165, 1.54) is 4.68 Å². The summed E-state index contributed by atoms with van der Waals surface area (Å²) in [5, 5.41) is 8.86. The van der Waals surface area contributed by atoms with Crippen molar-refractivity contribution in [3.05, 3.63) is 40.3 Å². The fourth-order valence-electron chi connectivity index (χ4n) is 3.57. The average Bonchev–Trinajstić information content (AvgIpc) is 3.10. The molecule has 0 unspecified atom stereocenters. The van der Waals surface area contributed by atoms with Crippen LogP contribution >= 0.6 is 11.3 Å². The monoisotopic (exact) mass is 400 g/mol. The molecule has 4 rings (SSSR count). The van der Waals surface area contributed by atoms with E-state index in [0.29, 0.717) is 11.9 Å². The molecule has 3 aromatic rings. The molecule has 1 saturated heterocycles. The third-order valence-electron chi connectivity index (χ3n) is 5.01. The van der Waals surface area contributed by atoms with E-state index >= 15 is 0 Å². The van der Waals surface area contributed by atoms with Crippen molar-refractivity contribution in [2.45, 2.75) is 19.9 Å². The standard InChI is InChI=1S/C20H24N4O3S/c1-14-19-18(15-5-2-3-6-16(15)28-19)20(26)24(22-14)13-17(25)21-7-4-8-23-9-11-27-12-10-23/h2-3,5-6H,4,7-13H2,1H3,(H,21,25). The molecule has 3 heterocycles. The normalized spacial score (nSPS) is 15.3. The maximum atomic E-state index is 12.9. The number of nitrogens with one attached hydrogen (secondary N) is 1. The molecule has 0 aliphatic carbocycles. The molecule has 1 N–H and O–H groups in total. The Morgan fingerprint density at radius 3 is 2.89 bits per heavy atom. The number of aromatic nitrogens is 2. The largest absolute Gasteiger partial charge is 0.379 e. The minimum absolute atomic E-state index is 0.0582. The predicted octanol–water partition coefficient (Wildman–Crippen LogP) is 1.76. The molecule has 7 nitrogen and oxygen atoms in total. The molecule has 2 aromatic heterocycles. The number of morpholine rings is 1. The number of hydrogen-bond donors (Lipinski definition) is 1. The van der Waals surface area contributed by atoms with Crippen LogP contribution in [-0.2, 0) is 16.1 Å². The molecule has 0 atom stereocenters. The molecule has 0 bridgehead atoms. The highest BCUT2D eigenvalue weighted by atomic mass is 32.1. The molecule has 0 spiro atoms. The molecule has 1 aliphatic heterocycles. The zero-order valence-corrected chi connectivity index (χ0v) is 16.8. The second kappa shape index (κ2) is 8.38. The first-order chi connectivity index (χ1) is 13.6. The van der Waals surface area contributed by atoms with E-state index in [-0.39, 0.29) is 18.0 Å². The first-order valence-electron chi connectivity index (χ1n) is 9.59. The Hall–Kier alpha value is -2.29. The molecular weight excluding hydrogens is 376 g/mol. The number of thiophene rings is 1. The third kappa shape index (κ3) is 3.94. The molecule has 1 fully saturated rings. The van der Waals surface area contributed by atoms with E-state index in [9.17, 15) is 9.59 Å². The van der Waals surface area contributed by atoms with Crippen LogP contribution in [0.3, 0.4) is 0 Å². The number of fused-ring (bicyclic) bond motifs is 3. The Kier molecular flexibility index (Phi) is 5.70. The van der Waals surface area contributed by atoms with E-state index in [4.69, 9.17) is 4.74 Å². The Balaban J connectivity index is 1.42. The lowest BCUT2D eigenvalue weighted by Crippen LogP contribution is -2.39. The van der Waals surface area contributed by atoms with Crippen LogP contribution in [0.25, 0.3) is 20.2 Å². The van der Waals surface area contributed by atoms with Gasteiger partial charge in [0.1, 0.15) is 6.54 Å². The van der Waals surface area contributed by atoms with Crippen molar-refractivity contribution in [3.8, 4) is 0 Å². The molecular formula is C20H24N4O3S. The summed E-state index contributed by atoms with van der Waals surface area (Å²) in [7, 11) is 0. The number of nitrogens with zero attached hydrogens (tertiary/aromatic N) is 3. The van der Waals surface area contributed by atoms with Crippen LogP contribution in [0, 0.1) is 6.92 Å². The molecule has 0 radical (unpaired) electrons. The third-order valence-corrected chi connectivity index (χ3v) is 6.29. The smallest absolute Gasteiger partial charge is 0.276 e. The lowest BCUT2D eigenvalue weighted by Gasteiger charge is -2.26. The van der Waals surface area contributed by atoms with Gasteiger partial charge in [0.05, 0.1) is 29.0 Å². The van der Waals surface area contributed by atoms with Gasteiger partial charge in [0.2, 0.25) is 5.91 Å². The number of carbonyl (C=O) groups excluding carboxylic acids is 1. The van der Waals surface area contributed by atoms with Gasteiger partial charge < -0.3 is 10.1 Å². The van der Waals surface area contributed by atoms with Crippen molar-refractivity contribution in [3.63, 3.8) is 0 Å². The quantitative estimate of drug-likeness (QED) is 0.638. The second-order valence-electron chi connectivity index (χ2n) is 7.01. The van der Waals surface area contributed by atoms with Gasteiger partial charge in [-0.05, 0) is 26.0 Å². The van der Waals surface area contributed by atoms with Crippen molar-refractivity contribution in [1.82, 2.24) is 20.0 Å². The minimum atomic E-state index is -0.207. The van der Waals surface area contributed by atoms with Crippen molar-refractivity contribution in [2.75, 3.05) is 39.4 Å². The van der Waals surface area contributed by atoms with Crippen molar-refractivity contribution in [2.24, 2.45) is 0 Å².